The van der Waals surface area contributed by atoms with Gasteiger partial charge < -0.3 is 5.73 Å². The topological polar surface area (TPSA) is 67.6 Å². The number of nitrogens with zero attached hydrogens (tertiary/aromatic N) is 2. The first-order valence-electron chi connectivity index (χ1n) is 4.69. The zero-order valence-electron chi connectivity index (χ0n) is 9.16. The van der Waals surface area contributed by atoms with Crippen molar-refractivity contribution in [1.82, 2.24) is 15.2 Å². The minimum Gasteiger partial charge on any atom is -0.329 e. The maximum absolute atomic E-state index is 5.73. The van der Waals surface area contributed by atoms with Crippen molar-refractivity contribution in [2.75, 3.05) is 6.54 Å². The van der Waals surface area contributed by atoms with Crippen LogP contribution in [0.3, 0.4) is 0 Å². The van der Waals surface area contributed by atoms with Gasteiger partial charge in [0.05, 0.1) is 0 Å². The van der Waals surface area contributed by atoms with Gasteiger partial charge in [0.1, 0.15) is 5.82 Å². The predicted molar refractivity (Wildman–Crippen MR) is 59.3 cm³/mol. The molecular weight excluding hydrogens is 196 g/mol. The van der Waals surface area contributed by atoms with Crippen LogP contribution in [0, 0.1) is 12.3 Å². The smallest absolute Gasteiger partial charge is 0.208 e. The van der Waals surface area contributed by atoms with E-state index in [9.17, 15) is 0 Å². The molecule has 4 nitrogen and oxygen atoms in total. The summed E-state index contributed by atoms with van der Waals surface area (Å²) in [6.07, 6.45) is 0. The number of aryl methyl sites for hydroxylation is 1. The Hall–Kier alpha value is -0.550. The van der Waals surface area contributed by atoms with E-state index >= 15 is 0 Å². The first kappa shape index (κ1) is 11.5. The van der Waals surface area contributed by atoms with E-state index < -0.39 is 0 Å². The lowest BCUT2D eigenvalue weighted by atomic mass is 9.92. The average Bonchev–Trinajstić information content (AvgIpc) is 2.45. The minimum atomic E-state index is 0.175. The van der Waals surface area contributed by atoms with Crippen LogP contribution in [-0.2, 0) is 0 Å². The van der Waals surface area contributed by atoms with Gasteiger partial charge in [-0.05, 0) is 12.3 Å². The van der Waals surface area contributed by atoms with Crippen LogP contribution in [0.15, 0.2) is 5.16 Å². The Morgan fingerprint density at radius 3 is 2.50 bits per heavy atom. The molecule has 14 heavy (non-hydrogen) atoms. The number of thioether (sulfide) groups is 1. The largest absolute Gasteiger partial charge is 0.329 e. The molecule has 0 aromatic carbocycles. The molecular formula is C9H18N4S. The summed E-state index contributed by atoms with van der Waals surface area (Å²) in [7, 11) is 0. The normalized spacial score (nSPS) is 14.4. The Labute approximate surface area is 89.1 Å². The van der Waals surface area contributed by atoms with E-state index in [1.165, 1.54) is 0 Å². The number of H-pyrrole nitrogens is 1. The van der Waals surface area contributed by atoms with Gasteiger partial charge in [0.15, 0.2) is 0 Å². The Morgan fingerprint density at radius 2 is 2.14 bits per heavy atom. The summed E-state index contributed by atoms with van der Waals surface area (Å²) in [5.41, 5.74) is 5.90. The third kappa shape index (κ3) is 2.99. The van der Waals surface area contributed by atoms with Crippen molar-refractivity contribution < 1.29 is 0 Å². The van der Waals surface area contributed by atoms with Crippen LogP contribution in [0.5, 0.6) is 0 Å². The van der Waals surface area contributed by atoms with Crippen LogP contribution in [0.25, 0.3) is 0 Å². The van der Waals surface area contributed by atoms with Crippen molar-refractivity contribution in [2.24, 2.45) is 11.1 Å². The van der Waals surface area contributed by atoms with Gasteiger partial charge in [0, 0.05) is 11.8 Å². The van der Waals surface area contributed by atoms with E-state index in [1.54, 1.807) is 11.8 Å². The Bertz CT molecular complexity index is 289. The molecule has 0 bridgehead atoms. The summed E-state index contributed by atoms with van der Waals surface area (Å²) >= 11 is 1.64. The van der Waals surface area contributed by atoms with Crippen molar-refractivity contribution >= 4 is 11.8 Å². The standard InChI is InChI=1S/C9H18N4S/c1-6-11-8(13-12-6)14-7(5-10)9(2,3)4/h7H,5,10H2,1-4H3,(H,11,12,13). The third-order valence-electron chi connectivity index (χ3n) is 2.00. The maximum atomic E-state index is 5.73. The van der Waals surface area contributed by atoms with Crippen molar-refractivity contribution in [3.05, 3.63) is 5.82 Å². The van der Waals surface area contributed by atoms with Gasteiger partial charge in [-0.25, -0.2) is 4.98 Å². The zero-order valence-corrected chi connectivity index (χ0v) is 9.98. The molecule has 80 valence electrons. The maximum Gasteiger partial charge on any atom is 0.208 e. The van der Waals surface area contributed by atoms with E-state index in [0.717, 1.165) is 11.0 Å². The number of hydrogen-bond acceptors (Lipinski definition) is 4. The molecule has 0 aliphatic heterocycles. The van der Waals surface area contributed by atoms with Gasteiger partial charge in [0.25, 0.3) is 0 Å². The predicted octanol–water partition coefficient (Wildman–Crippen LogP) is 1.58. The molecule has 1 heterocycles. The lowest BCUT2D eigenvalue weighted by Crippen LogP contribution is -2.30. The molecule has 1 rings (SSSR count). The van der Waals surface area contributed by atoms with Crippen molar-refractivity contribution in [1.29, 1.82) is 0 Å². The molecule has 1 unspecified atom stereocenters. The van der Waals surface area contributed by atoms with Crippen LogP contribution < -0.4 is 5.73 Å². The SMILES string of the molecule is Cc1nc(SC(CN)C(C)(C)C)n[nH]1. The molecule has 5 heteroatoms. The van der Waals surface area contributed by atoms with E-state index in [1.807, 2.05) is 6.92 Å². The molecule has 0 saturated carbocycles. The molecule has 0 amide bonds. The molecule has 3 N–H and O–H groups in total. The summed E-state index contributed by atoms with van der Waals surface area (Å²) in [5.74, 6) is 0.845. The highest BCUT2D eigenvalue weighted by atomic mass is 32.2. The van der Waals surface area contributed by atoms with Crippen molar-refractivity contribution in [3.63, 3.8) is 0 Å². The second kappa shape index (κ2) is 4.31. The Morgan fingerprint density at radius 1 is 1.50 bits per heavy atom. The Balaban J connectivity index is 2.66. The van der Waals surface area contributed by atoms with Gasteiger partial charge >= 0.3 is 0 Å². The summed E-state index contributed by atoms with van der Waals surface area (Å²) in [6, 6.07) is 0. The summed E-state index contributed by atoms with van der Waals surface area (Å²) < 4.78 is 0. The van der Waals surface area contributed by atoms with Crippen LogP contribution in [0.4, 0.5) is 0 Å². The zero-order chi connectivity index (χ0) is 10.8. The number of aromatic nitrogens is 3. The second-order valence-corrected chi connectivity index (χ2v) is 5.58. The molecule has 0 aliphatic rings. The fourth-order valence-electron chi connectivity index (χ4n) is 1.08. The lowest BCUT2D eigenvalue weighted by molar-refractivity contribution is 0.398. The summed E-state index contributed by atoms with van der Waals surface area (Å²) in [4.78, 5) is 4.25. The third-order valence-corrected chi connectivity index (χ3v) is 3.58. The number of nitrogens with one attached hydrogen (secondary N) is 1. The van der Waals surface area contributed by atoms with Crippen molar-refractivity contribution in [2.45, 2.75) is 38.1 Å². The van der Waals surface area contributed by atoms with E-state index in [2.05, 4.69) is 36.0 Å². The molecule has 0 radical (unpaired) electrons. The minimum absolute atomic E-state index is 0.175. The second-order valence-electron chi connectivity index (χ2n) is 4.41. The average molecular weight is 214 g/mol. The van der Waals surface area contributed by atoms with Gasteiger partial charge in [-0.2, -0.15) is 0 Å². The van der Waals surface area contributed by atoms with Gasteiger partial charge in [0.2, 0.25) is 5.16 Å². The molecule has 0 aliphatic carbocycles. The van der Waals surface area contributed by atoms with Crippen LogP contribution in [-0.4, -0.2) is 27.0 Å². The molecule has 1 aromatic rings. The lowest BCUT2D eigenvalue weighted by Gasteiger charge is -2.27. The van der Waals surface area contributed by atoms with Crippen molar-refractivity contribution in [3.8, 4) is 0 Å². The first-order valence-corrected chi connectivity index (χ1v) is 5.57. The highest BCUT2D eigenvalue weighted by Crippen LogP contribution is 2.32. The van der Waals surface area contributed by atoms with Crippen LogP contribution in [0.1, 0.15) is 26.6 Å². The molecule has 0 fully saturated rings. The monoisotopic (exact) mass is 214 g/mol. The summed E-state index contributed by atoms with van der Waals surface area (Å²) in [5, 5.41) is 8.05. The fourth-order valence-corrected chi connectivity index (χ4v) is 2.07. The van der Waals surface area contributed by atoms with Gasteiger partial charge in [-0.15, -0.1) is 5.10 Å². The van der Waals surface area contributed by atoms with E-state index in [0.29, 0.717) is 11.8 Å². The molecule has 0 spiro atoms. The summed E-state index contributed by atoms with van der Waals surface area (Å²) in [6.45, 7) is 9.07. The highest BCUT2D eigenvalue weighted by molar-refractivity contribution is 7.99. The molecule has 1 aromatic heterocycles. The first-order chi connectivity index (χ1) is 6.43. The fraction of sp³-hybridized carbons (Fsp3) is 0.778. The number of aromatic amines is 1. The van der Waals surface area contributed by atoms with Gasteiger partial charge in [-0.1, -0.05) is 32.5 Å². The molecule has 1 atom stereocenters. The molecule has 0 saturated heterocycles. The number of nitrogens with two attached hydrogens (primary N) is 1. The quantitative estimate of drug-likeness (QED) is 0.750. The van der Waals surface area contributed by atoms with Gasteiger partial charge in [-0.3, -0.25) is 5.10 Å². The number of rotatable bonds is 3. The van der Waals surface area contributed by atoms with Crippen LogP contribution in [0.2, 0.25) is 0 Å². The number of hydrogen-bond donors (Lipinski definition) is 2. The highest BCUT2D eigenvalue weighted by Gasteiger charge is 2.25. The Kier molecular flexibility index (Phi) is 3.55. The van der Waals surface area contributed by atoms with Crippen LogP contribution >= 0.6 is 11.8 Å². The van der Waals surface area contributed by atoms with E-state index in [4.69, 9.17) is 5.73 Å². The van der Waals surface area contributed by atoms with E-state index in [-0.39, 0.29) is 5.41 Å².